The molecule has 6 nitrogen and oxygen atoms in total. The average Bonchev–Trinajstić information content (AvgIpc) is 3.07. The van der Waals surface area contributed by atoms with Gasteiger partial charge in [-0.3, -0.25) is 4.79 Å². The van der Waals surface area contributed by atoms with Gasteiger partial charge in [-0.2, -0.15) is 0 Å². The van der Waals surface area contributed by atoms with Crippen molar-refractivity contribution in [3.05, 3.63) is 5.82 Å². The minimum Gasteiger partial charge on any atom is -0.376 e. The molecule has 130 valence electrons. The summed E-state index contributed by atoms with van der Waals surface area (Å²) >= 11 is 1.45. The topological polar surface area (TPSA) is 69.0 Å². The molecular formula is C16H28N4O2S. The lowest BCUT2D eigenvalue weighted by Gasteiger charge is -2.20. The number of hydrogen-bond acceptors (Lipinski definition) is 5. The summed E-state index contributed by atoms with van der Waals surface area (Å²) in [6.07, 6.45) is 4.36. The summed E-state index contributed by atoms with van der Waals surface area (Å²) in [5.41, 5.74) is -0.212. The fraction of sp³-hybridized carbons (Fsp3) is 0.812. The van der Waals surface area contributed by atoms with Crippen molar-refractivity contribution in [2.45, 2.75) is 76.7 Å². The highest BCUT2D eigenvalue weighted by molar-refractivity contribution is 7.99. The highest BCUT2D eigenvalue weighted by Crippen LogP contribution is 2.22. The van der Waals surface area contributed by atoms with Crippen molar-refractivity contribution in [3.8, 4) is 0 Å². The van der Waals surface area contributed by atoms with E-state index in [0.717, 1.165) is 49.8 Å². The SMILES string of the molecule is CCCc1nnc(SCC(=O)NC(C)(C)C)n1C[C@@H]1CCCO1. The van der Waals surface area contributed by atoms with E-state index in [1.165, 1.54) is 11.8 Å². The molecule has 2 rings (SSSR count). The van der Waals surface area contributed by atoms with Crippen LogP contribution in [0, 0.1) is 0 Å². The van der Waals surface area contributed by atoms with Crippen molar-refractivity contribution in [2.24, 2.45) is 0 Å². The molecule has 0 aromatic carbocycles. The number of amides is 1. The Morgan fingerprint density at radius 2 is 2.22 bits per heavy atom. The lowest BCUT2D eigenvalue weighted by Crippen LogP contribution is -2.41. The van der Waals surface area contributed by atoms with Gasteiger partial charge in [-0.05, 0) is 40.0 Å². The van der Waals surface area contributed by atoms with Gasteiger partial charge >= 0.3 is 0 Å². The fourth-order valence-electron chi connectivity index (χ4n) is 2.59. The van der Waals surface area contributed by atoms with Crippen LogP contribution in [0.5, 0.6) is 0 Å². The van der Waals surface area contributed by atoms with Gasteiger partial charge in [0.2, 0.25) is 5.91 Å². The third-order valence-corrected chi connectivity index (χ3v) is 4.49. The molecule has 0 unspecified atom stereocenters. The van der Waals surface area contributed by atoms with E-state index in [4.69, 9.17) is 4.74 Å². The van der Waals surface area contributed by atoms with E-state index in [2.05, 4.69) is 27.0 Å². The standard InChI is InChI=1S/C16H28N4O2S/c1-5-7-13-18-19-15(20(13)10-12-8-6-9-22-12)23-11-14(21)17-16(2,3)4/h12H,5-11H2,1-4H3,(H,17,21)/t12-/m0/s1. The van der Waals surface area contributed by atoms with Crippen molar-refractivity contribution in [3.63, 3.8) is 0 Å². The summed E-state index contributed by atoms with van der Waals surface area (Å²) in [4.78, 5) is 12.0. The number of aromatic nitrogens is 3. The van der Waals surface area contributed by atoms with Crippen LogP contribution in [0.2, 0.25) is 0 Å². The van der Waals surface area contributed by atoms with Crippen LogP contribution in [-0.4, -0.2) is 44.7 Å². The van der Waals surface area contributed by atoms with Gasteiger partial charge in [-0.15, -0.1) is 10.2 Å². The molecule has 1 N–H and O–H groups in total. The smallest absolute Gasteiger partial charge is 0.230 e. The number of nitrogens with one attached hydrogen (secondary N) is 1. The first-order valence-electron chi connectivity index (χ1n) is 8.36. The summed E-state index contributed by atoms with van der Waals surface area (Å²) < 4.78 is 7.87. The van der Waals surface area contributed by atoms with Crippen molar-refractivity contribution in [2.75, 3.05) is 12.4 Å². The van der Waals surface area contributed by atoms with Crippen molar-refractivity contribution >= 4 is 17.7 Å². The highest BCUT2D eigenvalue weighted by atomic mass is 32.2. The Kier molecular flexibility index (Phi) is 6.47. The van der Waals surface area contributed by atoms with Crippen LogP contribution in [0.1, 0.15) is 52.8 Å². The molecule has 0 bridgehead atoms. The number of carbonyl (C=O) groups excluding carboxylic acids is 1. The second-order valence-corrected chi connectivity index (χ2v) is 7.92. The minimum atomic E-state index is -0.212. The van der Waals surface area contributed by atoms with Gasteiger partial charge in [0.05, 0.1) is 18.4 Å². The molecule has 1 saturated heterocycles. The van der Waals surface area contributed by atoms with E-state index in [1.54, 1.807) is 0 Å². The number of rotatable bonds is 7. The molecule has 1 amide bonds. The number of ether oxygens (including phenoxy) is 1. The second kappa shape index (κ2) is 8.15. The molecule has 23 heavy (non-hydrogen) atoms. The number of aryl methyl sites for hydroxylation is 1. The number of hydrogen-bond donors (Lipinski definition) is 1. The summed E-state index contributed by atoms with van der Waals surface area (Å²) in [6, 6.07) is 0. The molecule has 1 fully saturated rings. The maximum Gasteiger partial charge on any atom is 0.230 e. The summed E-state index contributed by atoms with van der Waals surface area (Å²) in [5, 5.41) is 12.4. The second-order valence-electron chi connectivity index (χ2n) is 6.98. The predicted octanol–water partition coefficient (Wildman–Crippen LogP) is 2.42. The maximum absolute atomic E-state index is 12.0. The zero-order chi connectivity index (χ0) is 16.9. The molecule has 1 aromatic heterocycles. The molecule has 0 aliphatic carbocycles. The Morgan fingerprint density at radius 1 is 1.43 bits per heavy atom. The molecule has 0 spiro atoms. The quantitative estimate of drug-likeness (QED) is 0.772. The lowest BCUT2D eigenvalue weighted by molar-refractivity contribution is -0.119. The first-order valence-corrected chi connectivity index (χ1v) is 9.35. The van der Waals surface area contributed by atoms with Crippen LogP contribution in [0.4, 0.5) is 0 Å². The van der Waals surface area contributed by atoms with Gasteiger partial charge in [-0.25, -0.2) is 0 Å². The number of carbonyl (C=O) groups is 1. The summed E-state index contributed by atoms with van der Waals surface area (Å²) in [6.45, 7) is 9.70. The summed E-state index contributed by atoms with van der Waals surface area (Å²) in [7, 11) is 0. The van der Waals surface area contributed by atoms with Crippen molar-refractivity contribution in [1.29, 1.82) is 0 Å². The molecule has 0 saturated carbocycles. The van der Waals surface area contributed by atoms with E-state index < -0.39 is 0 Å². The molecule has 7 heteroatoms. The zero-order valence-electron chi connectivity index (χ0n) is 14.6. The zero-order valence-corrected chi connectivity index (χ0v) is 15.4. The van der Waals surface area contributed by atoms with E-state index in [1.807, 2.05) is 20.8 Å². The highest BCUT2D eigenvalue weighted by Gasteiger charge is 2.21. The fourth-order valence-corrected chi connectivity index (χ4v) is 3.36. The Labute approximate surface area is 142 Å². The molecule has 0 radical (unpaired) electrons. The number of nitrogens with zero attached hydrogens (tertiary/aromatic N) is 3. The van der Waals surface area contributed by atoms with Crippen molar-refractivity contribution in [1.82, 2.24) is 20.1 Å². The largest absolute Gasteiger partial charge is 0.376 e. The lowest BCUT2D eigenvalue weighted by atomic mass is 10.1. The Balaban J connectivity index is 2.00. The number of thioether (sulfide) groups is 1. The van der Waals surface area contributed by atoms with Crippen molar-refractivity contribution < 1.29 is 9.53 Å². The Morgan fingerprint density at radius 3 is 2.83 bits per heavy atom. The van der Waals surface area contributed by atoms with E-state index in [0.29, 0.717) is 5.75 Å². The van der Waals surface area contributed by atoms with Crippen LogP contribution < -0.4 is 5.32 Å². The minimum absolute atomic E-state index is 0.0196. The molecule has 2 heterocycles. The van der Waals surface area contributed by atoms with E-state index >= 15 is 0 Å². The van der Waals surface area contributed by atoms with Gasteiger partial charge in [0.25, 0.3) is 0 Å². The Hall–Kier alpha value is -1.08. The molecule has 1 aromatic rings. The van der Waals surface area contributed by atoms with Crippen LogP contribution in [0.3, 0.4) is 0 Å². The molecule has 1 aliphatic rings. The van der Waals surface area contributed by atoms with Gasteiger partial charge in [-0.1, -0.05) is 18.7 Å². The summed E-state index contributed by atoms with van der Waals surface area (Å²) in [5.74, 6) is 1.36. The van der Waals surface area contributed by atoms with Crippen LogP contribution in [0.25, 0.3) is 0 Å². The van der Waals surface area contributed by atoms with E-state index in [9.17, 15) is 4.79 Å². The van der Waals surface area contributed by atoms with Crippen LogP contribution in [-0.2, 0) is 22.5 Å². The molecular weight excluding hydrogens is 312 g/mol. The monoisotopic (exact) mass is 340 g/mol. The van der Waals surface area contributed by atoms with Crippen LogP contribution in [0.15, 0.2) is 5.16 Å². The van der Waals surface area contributed by atoms with Gasteiger partial charge < -0.3 is 14.6 Å². The normalized spacial score (nSPS) is 18.3. The third kappa shape index (κ3) is 5.80. The average molecular weight is 340 g/mol. The Bertz CT molecular complexity index is 519. The first kappa shape index (κ1) is 18.3. The van der Waals surface area contributed by atoms with Gasteiger partial charge in [0.15, 0.2) is 5.16 Å². The van der Waals surface area contributed by atoms with Crippen LogP contribution >= 0.6 is 11.8 Å². The van der Waals surface area contributed by atoms with Gasteiger partial charge in [0, 0.05) is 18.6 Å². The van der Waals surface area contributed by atoms with E-state index in [-0.39, 0.29) is 17.6 Å². The van der Waals surface area contributed by atoms with Gasteiger partial charge in [0.1, 0.15) is 5.82 Å². The molecule has 1 aliphatic heterocycles. The predicted molar refractivity (Wildman–Crippen MR) is 91.6 cm³/mol. The molecule has 1 atom stereocenters. The first-order chi connectivity index (χ1) is 10.9. The third-order valence-electron chi connectivity index (χ3n) is 3.52. The maximum atomic E-state index is 12.0.